The molecule has 2 aromatic heterocycles. The molecule has 0 radical (unpaired) electrons. The molecule has 0 saturated heterocycles. The van der Waals surface area contributed by atoms with Crippen LogP contribution in [-0.2, 0) is 6.42 Å². The molecule has 0 aliphatic rings. The number of aryl methyl sites for hydroxylation is 2. The predicted octanol–water partition coefficient (Wildman–Crippen LogP) is 1.17. The molecule has 0 aliphatic carbocycles. The molecular formula is C14H16N4O3. The van der Waals surface area contributed by atoms with Gasteiger partial charge in [-0.15, -0.1) is 0 Å². The Labute approximate surface area is 121 Å². The summed E-state index contributed by atoms with van der Waals surface area (Å²) in [6.45, 7) is 2.44. The van der Waals surface area contributed by atoms with Crippen molar-refractivity contribution < 1.29 is 14.7 Å². The van der Waals surface area contributed by atoms with Crippen molar-refractivity contribution in [3.63, 3.8) is 0 Å². The molecule has 0 spiro atoms. The molecule has 1 amide bonds. The highest BCUT2D eigenvalue weighted by Crippen LogP contribution is 2.05. The number of pyridine rings is 1. The van der Waals surface area contributed by atoms with Crippen LogP contribution in [0.4, 0.5) is 0 Å². The van der Waals surface area contributed by atoms with Gasteiger partial charge in [0, 0.05) is 12.2 Å². The number of aromatic carboxylic acids is 1. The number of aromatic nitrogens is 3. The average molecular weight is 288 g/mol. The van der Waals surface area contributed by atoms with Gasteiger partial charge in [-0.2, -0.15) is 5.10 Å². The Kier molecular flexibility index (Phi) is 4.65. The maximum atomic E-state index is 11.9. The number of carboxylic acid groups (broad SMARTS) is 1. The zero-order valence-corrected chi connectivity index (χ0v) is 11.6. The van der Waals surface area contributed by atoms with Crippen molar-refractivity contribution in [1.82, 2.24) is 20.5 Å². The highest BCUT2D eigenvalue weighted by Gasteiger charge is 2.10. The first-order chi connectivity index (χ1) is 10.1. The zero-order chi connectivity index (χ0) is 15.2. The summed E-state index contributed by atoms with van der Waals surface area (Å²) in [5, 5.41) is 18.3. The van der Waals surface area contributed by atoms with Gasteiger partial charge in [-0.25, -0.2) is 9.78 Å². The van der Waals surface area contributed by atoms with Crippen LogP contribution in [0.3, 0.4) is 0 Å². The number of hydrogen-bond donors (Lipinski definition) is 3. The van der Waals surface area contributed by atoms with Crippen molar-refractivity contribution >= 4 is 11.9 Å². The minimum Gasteiger partial charge on any atom is -0.477 e. The molecule has 0 aliphatic heterocycles. The second-order valence-corrected chi connectivity index (χ2v) is 4.59. The third-order valence-corrected chi connectivity index (χ3v) is 3.04. The van der Waals surface area contributed by atoms with Crippen LogP contribution in [0.1, 0.15) is 38.7 Å². The Morgan fingerprint density at radius 3 is 2.76 bits per heavy atom. The number of carbonyl (C=O) groups excluding carboxylic acids is 1. The van der Waals surface area contributed by atoms with Gasteiger partial charge < -0.3 is 10.4 Å². The van der Waals surface area contributed by atoms with E-state index in [1.54, 1.807) is 6.20 Å². The van der Waals surface area contributed by atoms with Crippen molar-refractivity contribution in [1.29, 1.82) is 0 Å². The second kappa shape index (κ2) is 6.65. The third kappa shape index (κ3) is 3.88. The molecule has 0 bridgehead atoms. The first kappa shape index (κ1) is 14.7. The fraction of sp³-hybridized carbons (Fsp3) is 0.286. The number of carboxylic acids is 1. The highest BCUT2D eigenvalue weighted by molar-refractivity contribution is 5.94. The number of rotatable bonds is 6. The van der Waals surface area contributed by atoms with E-state index in [9.17, 15) is 9.59 Å². The zero-order valence-electron chi connectivity index (χ0n) is 11.6. The average Bonchev–Trinajstić information content (AvgIpc) is 2.89. The number of nitrogens with one attached hydrogen (secondary N) is 2. The monoisotopic (exact) mass is 288 g/mol. The Morgan fingerprint density at radius 2 is 2.10 bits per heavy atom. The molecule has 2 heterocycles. The fourth-order valence-corrected chi connectivity index (χ4v) is 1.88. The summed E-state index contributed by atoms with van der Waals surface area (Å²) in [7, 11) is 0. The maximum Gasteiger partial charge on any atom is 0.354 e. The number of aromatic amines is 1. The van der Waals surface area contributed by atoms with Crippen LogP contribution in [0.15, 0.2) is 24.4 Å². The van der Waals surface area contributed by atoms with Crippen LogP contribution in [0.2, 0.25) is 0 Å². The van der Waals surface area contributed by atoms with Crippen molar-refractivity contribution in [2.24, 2.45) is 0 Å². The lowest BCUT2D eigenvalue weighted by molar-refractivity contribution is 0.0690. The molecule has 0 saturated carbocycles. The van der Waals surface area contributed by atoms with Gasteiger partial charge in [0.1, 0.15) is 11.4 Å². The first-order valence-corrected chi connectivity index (χ1v) is 6.55. The largest absolute Gasteiger partial charge is 0.477 e. The molecule has 0 unspecified atom stereocenters. The van der Waals surface area contributed by atoms with Crippen LogP contribution in [-0.4, -0.2) is 38.7 Å². The molecule has 3 N–H and O–H groups in total. The number of H-pyrrole nitrogens is 1. The van der Waals surface area contributed by atoms with Gasteiger partial charge in [-0.1, -0.05) is 6.07 Å². The lowest BCUT2D eigenvalue weighted by atomic mass is 10.1. The second-order valence-electron chi connectivity index (χ2n) is 4.59. The molecule has 7 heteroatoms. The van der Waals surface area contributed by atoms with Crippen LogP contribution in [0, 0.1) is 6.92 Å². The van der Waals surface area contributed by atoms with Crippen LogP contribution >= 0.6 is 0 Å². The van der Waals surface area contributed by atoms with Crippen LogP contribution < -0.4 is 5.32 Å². The molecule has 0 aromatic carbocycles. The van der Waals surface area contributed by atoms with E-state index in [4.69, 9.17) is 5.11 Å². The van der Waals surface area contributed by atoms with Gasteiger partial charge >= 0.3 is 5.97 Å². The minimum absolute atomic E-state index is 0.106. The summed E-state index contributed by atoms with van der Waals surface area (Å²) >= 11 is 0. The van der Waals surface area contributed by atoms with E-state index in [2.05, 4.69) is 20.5 Å². The molecule has 0 atom stereocenters. The minimum atomic E-state index is -1.15. The molecular weight excluding hydrogens is 272 g/mol. The maximum absolute atomic E-state index is 11.9. The van der Waals surface area contributed by atoms with Crippen molar-refractivity contribution in [3.8, 4) is 0 Å². The fourth-order valence-electron chi connectivity index (χ4n) is 1.88. The summed E-state index contributed by atoms with van der Waals surface area (Å²) in [6.07, 6.45) is 3.35. The summed E-state index contributed by atoms with van der Waals surface area (Å²) in [6, 6.07) is 4.34. The van der Waals surface area contributed by atoms with Crippen molar-refractivity contribution in [2.45, 2.75) is 19.8 Å². The quantitative estimate of drug-likeness (QED) is 0.692. The number of carbonyl (C=O) groups is 2. The van der Waals surface area contributed by atoms with Gasteiger partial charge in [0.15, 0.2) is 0 Å². The van der Waals surface area contributed by atoms with E-state index in [-0.39, 0.29) is 17.3 Å². The molecule has 7 nitrogen and oxygen atoms in total. The third-order valence-electron chi connectivity index (χ3n) is 3.04. The Bertz CT molecular complexity index is 651. The number of amides is 1. The lowest BCUT2D eigenvalue weighted by Gasteiger charge is -2.05. The van der Waals surface area contributed by atoms with Gasteiger partial charge in [-0.3, -0.25) is 9.89 Å². The van der Waals surface area contributed by atoms with Crippen molar-refractivity contribution in [3.05, 3.63) is 47.0 Å². The van der Waals surface area contributed by atoms with E-state index in [0.717, 1.165) is 24.1 Å². The normalized spacial score (nSPS) is 10.3. The SMILES string of the molecule is Cc1[nH]ncc1CCCNC(=O)c1cccc(C(=O)O)n1. The Hall–Kier alpha value is -2.70. The van der Waals surface area contributed by atoms with Gasteiger partial charge in [-0.05, 0) is 37.5 Å². The summed E-state index contributed by atoms with van der Waals surface area (Å²) in [5.74, 6) is -1.53. The van der Waals surface area contributed by atoms with Gasteiger partial charge in [0.05, 0.1) is 6.20 Å². The summed E-state index contributed by atoms with van der Waals surface area (Å²) < 4.78 is 0. The smallest absolute Gasteiger partial charge is 0.354 e. The summed E-state index contributed by atoms with van der Waals surface area (Å²) in [5.41, 5.74) is 2.11. The molecule has 21 heavy (non-hydrogen) atoms. The molecule has 110 valence electrons. The van der Waals surface area contributed by atoms with Gasteiger partial charge in [0.2, 0.25) is 0 Å². The molecule has 2 rings (SSSR count). The topological polar surface area (TPSA) is 108 Å². The van der Waals surface area contributed by atoms with E-state index in [0.29, 0.717) is 6.54 Å². The van der Waals surface area contributed by atoms with Crippen molar-refractivity contribution in [2.75, 3.05) is 6.54 Å². The van der Waals surface area contributed by atoms with Crippen LogP contribution in [0.25, 0.3) is 0 Å². The Morgan fingerprint density at radius 1 is 1.33 bits per heavy atom. The van der Waals surface area contributed by atoms with Gasteiger partial charge in [0.25, 0.3) is 5.91 Å². The van der Waals surface area contributed by atoms with E-state index < -0.39 is 5.97 Å². The number of hydrogen-bond acceptors (Lipinski definition) is 4. The molecule has 0 fully saturated rings. The van der Waals surface area contributed by atoms with E-state index in [1.807, 2.05) is 6.92 Å². The van der Waals surface area contributed by atoms with Crippen LogP contribution in [0.5, 0.6) is 0 Å². The van der Waals surface area contributed by atoms with E-state index in [1.165, 1.54) is 18.2 Å². The molecule has 2 aromatic rings. The van der Waals surface area contributed by atoms with E-state index >= 15 is 0 Å². The lowest BCUT2D eigenvalue weighted by Crippen LogP contribution is -2.26. The standard InChI is InChI=1S/C14H16N4O3/c1-9-10(8-16-18-9)4-3-7-15-13(19)11-5-2-6-12(17-11)14(20)21/h2,5-6,8H,3-4,7H2,1H3,(H,15,19)(H,16,18)(H,20,21). The summed E-state index contributed by atoms with van der Waals surface area (Å²) in [4.78, 5) is 26.4. The Balaban J connectivity index is 1.83. The predicted molar refractivity (Wildman–Crippen MR) is 75.2 cm³/mol. The number of nitrogens with zero attached hydrogens (tertiary/aromatic N) is 2. The first-order valence-electron chi connectivity index (χ1n) is 6.55. The highest BCUT2D eigenvalue weighted by atomic mass is 16.4.